The molecule has 1 aromatic carbocycles. The van der Waals surface area contributed by atoms with Crippen LogP contribution in [0.4, 0.5) is 0 Å². The summed E-state index contributed by atoms with van der Waals surface area (Å²) < 4.78 is 11.2. The van der Waals surface area contributed by atoms with Crippen LogP contribution in [0.25, 0.3) is 0 Å². The van der Waals surface area contributed by atoms with E-state index >= 15 is 0 Å². The predicted octanol–water partition coefficient (Wildman–Crippen LogP) is 2.58. The molecule has 2 aliphatic heterocycles. The number of likely N-dealkylation sites (tertiary alicyclic amines) is 1. The van der Waals surface area contributed by atoms with Crippen molar-refractivity contribution in [3.8, 4) is 11.5 Å². The fourth-order valence-corrected chi connectivity index (χ4v) is 3.33. The minimum Gasteiger partial charge on any atom is -0.486 e. The molecule has 2 N–H and O–H groups in total. The van der Waals surface area contributed by atoms with Gasteiger partial charge in [-0.15, -0.1) is 0 Å². The van der Waals surface area contributed by atoms with Crippen molar-refractivity contribution >= 4 is 0 Å². The molecular formula is C17H26N2O2. The second-order valence-electron chi connectivity index (χ2n) is 6.36. The molecule has 0 radical (unpaired) electrons. The minimum atomic E-state index is 0.0218. The van der Waals surface area contributed by atoms with Gasteiger partial charge >= 0.3 is 0 Å². The molecule has 3 rings (SSSR count). The molecule has 116 valence electrons. The standard InChI is InChI=1S/C17H26N2O2/c1-12-4-3-7-19(13(12)2)11-15(18)14-5-6-16-17(10-14)21-9-8-20-16/h5-6,10,12-13,15H,3-4,7-9,11,18H2,1-2H3. The second-order valence-corrected chi connectivity index (χ2v) is 6.36. The van der Waals surface area contributed by atoms with Crippen molar-refractivity contribution < 1.29 is 9.47 Å². The zero-order valence-electron chi connectivity index (χ0n) is 13.0. The van der Waals surface area contributed by atoms with E-state index in [2.05, 4.69) is 24.8 Å². The van der Waals surface area contributed by atoms with Crippen molar-refractivity contribution in [2.45, 2.75) is 38.8 Å². The van der Waals surface area contributed by atoms with Gasteiger partial charge in [-0.1, -0.05) is 13.0 Å². The van der Waals surface area contributed by atoms with Crippen molar-refractivity contribution in [2.75, 3.05) is 26.3 Å². The lowest BCUT2D eigenvalue weighted by atomic mass is 9.91. The van der Waals surface area contributed by atoms with Crippen LogP contribution >= 0.6 is 0 Å². The van der Waals surface area contributed by atoms with Crippen molar-refractivity contribution in [1.29, 1.82) is 0 Å². The molecule has 1 aromatic rings. The third-order valence-corrected chi connectivity index (χ3v) is 4.93. The lowest BCUT2D eigenvalue weighted by molar-refractivity contribution is 0.107. The SMILES string of the molecule is CC1CCCN(CC(N)c2ccc3c(c2)OCCO3)C1C. The van der Waals surface area contributed by atoms with Gasteiger partial charge in [-0.3, -0.25) is 4.90 Å². The molecule has 0 amide bonds. The molecule has 3 unspecified atom stereocenters. The fourth-order valence-electron chi connectivity index (χ4n) is 3.33. The van der Waals surface area contributed by atoms with Gasteiger partial charge in [0.1, 0.15) is 13.2 Å². The lowest BCUT2D eigenvalue weighted by Gasteiger charge is -2.39. The normalized spacial score (nSPS) is 27.4. The minimum absolute atomic E-state index is 0.0218. The van der Waals surface area contributed by atoms with Crippen molar-refractivity contribution in [2.24, 2.45) is 11.7 Å². The topological polar surface area (TPSA) is 47.7 Å². The Balaban J connectivity index is 1.68. The van der Waals surface area contributed by atoms with Crippen LogP contribution in [0.5, 0.6) is 11.5 Å². The Morgan fingerprint density at radius 3 is 2.81 bits per heavy atom. The Morgan fingerprint density at radius 2 is 2.00 bits per heavy atom. The zero-order valence-corrected chi connectivity index (χ0v) is 13.0. The summed E-state index contributed by atoms with van der Waals surface area (Å²) >= 11 is 0. The Labute approximate surface area is 127 Å². The zero-order chi connectivity index (χ0) is 14.8. The van der Waals surface area contributed by atoms with E-state index in [1.165, 1.54) is 12.8 Å². The first-order valence-electron chi connectivity index (χ1n) is 8.04. The Morgan fingerprint density at radius 1 is 1.24 bits per heavy atom. The summed E-state index contributed by atoms with van der Waals surface area (Å²) in [6.07, 6.45) is 2.61. The van der Waals surface area contributed by atoms with E-state index in [9.17, 15) is 0 Å². The van der Waals surface area contributed by atoms with Gasteiger partial charge in [0.05, 0.1) is 0 Å². The Hall–Kier alpha value is -1.26. The third kappa shape index (κ3) is 3.16. The summed E-state index contributed by atoms with van der Waals surface area (Å²) in [7, 11) is 0. The monoisotopic (exact) mass is 290 g/mol. The van der Waals surface area contributed by atoms with Crippen LogP contribution in [0.2, 0.25) is 0 Å². The van der Waals surface area contributed by atoms with Crippen molar-refractivity contribution in [3.63, 3.8) is 0 Å². The molecule has 4 heteroatoms. The largest absolute Gasteiger partial charge is 0.486 e. The number of hydrogen-bond donors (Lipinski definition) is 1. The van der Waals surface area contributed by atoms with Crippen molar-refractivity contribution in [1.82, 2.24) is 4.90 Å². The highest BCUT2D eigenvalue weighted by Crippen LogP contribution is 2.33. The summed E-state index contributed by atoms with van der Waals surface area (Å²) in [6.45, 7) is 7.97. The third-order valence-electron chi connectivity index (χ3n) is 4.93. The van der Waals surface area contributed by atoms with E-state index in [0.717, 1.165) is 36.1 Å². The first-order chi connectivity index (χ1) is 10.1. The number of nitrogens with zero attached hydrogens (tertiary/aromatic N) is 1. The summed E-state index contributed by atoms with van der Waals surface area (Å²) in [5.74, 6) is 2.41. The van der Waals surface area contributed by atoms with E-state index in [1.807, 2.05) is 12.1 Å². The average molecular weight is 290 g/mol. The highest BCUT2D eigenvalue weighted by molar-refractivity contribution is 5.44. The van der Waals surface area contributed by atoms with E-state index in [4.69, 9.17) is 15.2 Å². The molecule has 2 heterocycles. The van der Waals surface area contributed by atoms with Crippen molar-refractivity contribution in [3.05, 3.63) is 23.8 Å². The van der Waals surface area contributed by atoms with Gasteiger partial charge < -0.3 is 15.2 Å². The van der Waals surface area contributed by atoms with Crippen LogP contribution in [-0.4, -0.2) is 37.2 Å². The summed E-state index contributed by atoms with van der Waals surface area (Å²) in [4.78, 5) is 2.52. The highest BCUT2D eigenvalue weighted by Gasteiger charge is 2.26. The van der Waals surface area contributed by atoms with Crippen LogP contribution < -0.4 is 15.2 Å². The number of piperidine rings is 1. The van der Waals surface area contributed by atoms with Gasteiger partial charge in [-0.2, -0.15) is 0 Å². The molecule has 0 bridgehead atoms. The van der Waals surface area contributed by atoms with E-state index < -0.39 is 0 Å². The Kier molecular flexibility index (Phi) is 4.36. The number of ether oxygens (including phenoxy) is 2. The molecule has 1 saturated heterocycles. The van der Waals surface area contributed by atoms with E-state index in [1.54, 1.807) is 0 Å². The van der Waals surface area contributed by atoms with Crippen LogP contribution in [0.3, 0.4) is 0 Å². The molecule has 2 aliphatic rings. The maximum Gasteiger partial charge on any atom is 0.161 e. The smallest absolute Gasteiger partial charge is 0.161 e. The van der Waals surface area contributed by atoms with Gasteiger partial charge in [0.2, 0.25) is 0 Å². The van der Waals surface area contributed by atoms with Gasteiger partial charge in [0, 0.05) is 18.6 Å². The molecule has 1 fully saturated rings. The highest BCUT2D eigenvalue weighted by atomic mass is 16.6. The lowest BCUT2D eigenvalue weighted by Crippen LogP contribution is -2.45. The molecular weight excluding hydrogens is 264 g/mol. The van der Waals surface area contributed by atoms with Gasteiger partial charge in [0.25, 0.3) is 0 Å². The van der Waals surface area contributed by atoms with Gasteiger partial charge in [0.15, 0.2) is 11.5 Å². The molecule has 0 spiro atoms. The Bertz CT molecular complexity index is 492. The molecule has 0 aromatic heterocycles. The van der Waals surface area contributed by atoms with Crippen LogP contribution in [0.1, 0.15) is 38.3 Å². The summed E-state index contributed by atoms with van der Waals surface area (Å²) in [5.41, 5.74) is 7.56. The van der Waals surface area contributed by atoms with Crippen LogP contribution in [0.15, 0.2) is 18.2 Å². The molecule has 21 heavy (non-hydrogen) atoms. The van der Waals surface area contributed by atoms with Gasteiger partial charge in [-0.05, 0) is 49.9 Å². The average Bonchev–Trinajstić information content (AvgIpc) is 2.51. The molecule has 4 nitrogen and oxygen atoms in total. The number of nitrogens with two attached hydrogens (primary N) is 1. The fraction of sp³-hybridized carbons (Fsp3) is 0.647. The maximum atomic E-state index is 6.43. The molecule has 3 atom stereocenters. The van der Waals surface area contributed by atoms with Gasteiger partial charge in [-0.25, -0.2) is 0 Å². The molecule has 0 saturated carbocycles. The quantitative estimate of drug-likeness (QED) is 0.929. The predicted molar refractivity (Wildman–Crippen MR) is 83.8 cm³/mol. The summed E-state index contributed by atoms with van der Waals surface area (Å²) in [5, 5.41) is 0. The number of benzene rings is 1. The summed E-state index contributed by atoms with van der Waals surface area (Å²) in [6, 6.07) is 6.72. The first-order valence-corrected chi connectivity index (χ1v) is 8.04. The number of fused-ring (bicyclic) bond motifs is 1. The second kappa shape index (κ2) is 6.24. The maximum absolute atomic E-state index is 6.43. The van der Waals surface area contributed by atoms with Crippen LogP contribution in [0, 0.1) is 5.92 Å². The number of rotatable bonds is 3. The van der Waals surface area contributed by atoms with E-state index in [-0.39, 0.29) is 6.04 Å². The molecule has 0 aliphatic carbocycles. The number of hydrogen-bond acceptors (Lipinski definition) is 4. The van der Waals surface area contributed by atoms with E-state index in [0.29, 0.717) is 19.3 Å². The van der Waals surface area contributed by atoms with Crippen LogP contribution in [-0.2, 0) is 0 Å². The first kappa shape index (κ1) is 14.7.